The maximum absolute atomic E-state index is 14.7. The number of pyridine rings is 1. The average molecular weight is 357 g/mol. The number of halogens is 1. The van der Waals surface area contributed by atoms with E-state index in [1.54, 1.807) is 4.90 Å². The fraction of sp³-hybridized carbons (Fsp3) is 0.368. The highest BCUT2D eigenvalue weighted by Gasteiger charge is 2.45. The van der Waals surface area contributed by atoms with Gasteiger partial charge in [-0.25, -0.2) is 9.37 Å². The van der Waals surface area contributed by atoms with Crippen LogP contribution in [0.25, 0.3) is 0 Å². The third-order valence-corrected chi connectivity index (χ3v) is 4.54. The Balaban J connectivity index is 2.03. The molecule has 7 heteroatoms. The Bertz CT molecular complexity index is 817. The zero-order valence-electron chi connectivity index (χ0n) is 15.1. The van der Waals surface area contributed by atoms with Crippen molar-refractivity contribution < 1.29 is 9.18 Å². The molecule has 26 heavy (non-hydrogen) atoms. The Morgan fingerprint density at radius 1 is 1.35 bits per heavy atom. The van der Waals surface area contributed by atoms with Crippen LogP contribution in [0.3, 0.4) is 0 Å². The smallest absolute Gasteiger partial charge is 0.252 e. The Morgan fingerprint density at radius 3 is 2.54 bits per heavy atom. The number of aromatic nitrogens is 1. The van der Waals surface area contributed by atoms with Gasteiger partial charge in [0.05, 0.1) is 11.2 Å². The molecule has 3 rings (SSSR count). The number of amides is 1. The van der Waals surface area contributed by atoms with Crippen LogP contribution in [0.1, 0.15) is 42.1 Å². The lowest BCUT2D eigenvalue weighted by molar-refractivity contribution is 0.100. The minimum absolute atomic E-state index is 0.00476. The summed E-state index contributed by atoms with van der Waals surface area (Å²) in [7, 11) is 0. The predicted octanol–water partition coefficient (Wildman–Crippen LogP) is 3.04. The molecular weight excluding hydrogens is 333 g/mol. The molecule has 1 aliphatic carbocycles. The number of nitrogens with two attached hydrogens (primary N) is 2. The van der Waals surface area contributed by atoms with Gasteiger partial charge in [-0.2, -0.15) is 0 Å². The summed E-state index contributed by atoms with van der Waals surface area (Å²) < 4.78 is 14.7. The molecule has 0 unspecified atom stereocenters. The van der Waals surface area contributed by atoms with Gasteiger partial charge in [0.2, 0.25) is 0 Å². The van der Waals surface area contributed by atoms with Crippen molar-refractivity contribution in [1.82, 2.24) is 4.98 Å². The Kier molecular flexibility index (Phi) is 4.82. The maximum atomic E-state index is 14.7. The van der Waals surface area contributed by atoms with Gasteiger partial charge >= 0.3 is 0 Å². The van der Waals surface area contributed by atoms with Gasteiger partial charge in [-0.05, 0) is 44.4 Å². The van der Waals surface area contributed by atoms with Crippen LogP contribution >= 0.6 is 0 Å². The maximum Gasteiger partial charge on any atom is 0.252 e. The summed E-state index contributed by atoms with van der Waals surface area (Å²) in [6.45, 7) is 4.56. The summed E-state index contributed by atoms with van der Waals surface area (Å²) in [5, 5.41) is 3.07. The molecule has 0 atom stereocenters. The van der Waals surface area contributed by atoms with Gasteiger partial charge in [0.1, 0.15) is 5.82 Å². The van der Waals surface area contributed by atoms with Crippen LogP contribution in [0.4, 0.5) is 21.7 Å². The lowest BCUT2D eigenvalue weighted by Gasteiger charge is -2.30. The van der Waals surface area contributed by atoms with Crippen LogP contribution < -0.4 is 21.7 Å². The van der Waals surface area contributed by atoms with Crippen molar-refractivity contribution in [2.45, 2.75) is 38.8 Å². The summed E-state index contributed by atoms with van der Waals surface area (Å²) in [5.41, 5.74) is 13.0. The van der Waals surface area contributed by atoms with Crippen molar-refractivity contribution in [2.24, 2.45) is 11.5 Å². The molecule has 1 aliphatic rings. The number of aryl methyl sites for hydroxylation is 1. The first kappa shape index (κ1) is 18.1. The van der Waals surface area contributed by atoms with Crippen LogP contribution in [0.2, 0.25) is 0 Å². The second-order valence-corrected chi connectivity index (χ2v) is 6.80. The Hall–Kier alpha value is -2.67. The lowest BCUT2D eigenvalue weighted by atomic mass is 10.2. The second-order valence-electron chi connectivity index (χ2n) is 6.80. The van der Waals surface area contributed by atoms with Crippen LogP contribution in [0, 0.1) is 12.7 Å². The molecule has 0 radical (unpaired) electrons. The summed E-state index contributed by atoms with van der Waals surface area (Å²) in [6.07, 6.45) is 2.37. The quantitative estimate of drug-likeness (QED) is 0.662. The number of nitrogens with zero attached hydrogens (tertiary/aromatic N) is 2. The van der Waals surface area contributed by atoms with E-state index in [9.17, 15) is 9.18 Å². The molecule has 1 amide bonds. The van der Waals surface area contributed by atoms with Crippen molar-refractivity contribution in [3.63, 3.8) is 0 Å². The number of carbonyl (C=O) groups is 1. The van der Waals surface area contributed by atoms with Crippen molar-refractivity contribution in [2.75, 3.05) is 16.8 Å². The van der Waals surface area contributed by atoms with Gasteiger partial charge in [-0.1, -0.05) is 24.6 Å². The third kappa shape index (κ3) is 3.62. The van der Waals surface area contributed by atoms with E-state index in [2.05, 4.69) is 10.3 Å². The molecule has 0 bridgehead atoms. The van der Waals surface area contributed by atoms with Crippen LogP contribution in [0.15, 0.2) is 30.3 Å². The third-order valence-electron chi connectivity index (χ3n) is 4.54. The first-order valence-electron chi connectivity index (χ1n) is 8.74. The largest absolute Gasteiger partial charge is 0.365 e. The van der Waals surface area contributed by atoms with Gasteiger partial charge < -0.3 is 21.7 Å². The molecule has 138 valence electrons. The zero-order valence-corrected chi connectivity index (χ0v) is 15.1. The van der Waals surface area contributed by atoms with Crippen LogP contribution in [-0.4, -0.2) is 23.1 Å². The van der Waals surface area contributed by atoms with E-state index in [4.69, 9.17) is 11.5 Å². The number of hydrogen-bond donors (Lipinski definition) is 3. The SMILES string of the molecule is CCCN(c1nc(Nc2ccc(C)cc2)c(C(N)=O)cc1F)C1(N)CC1. The Labute approximate surface area is 152 Å². The molecule has 2 aromatic rings. The second kappa shape index (κ2) is 6.92. The summed E-state index contributed by atoms with van der Waals surface area (Å²) in [6, 6.07) is 8.72. The van der Waals surface area contributed by atoms with Crippen molar-refractivity contribution >= 4 is 23.2 Å². The van der Waals surface area contributed by atoms with Gasteiger partial charge in [-0.3, -0.25) is 4.79 Å². The van der Waals surface area contributed by atoms with Gasteiger partial charge in [0.25, 0.3) is 5.91 Å². The first-order valence-corrected chi connectivity index (χ1v) is 8.74. The monoisotopic (exact) mass is 357 g/mol. The van der Waals surface area contributed by atoms with Crippen molar-refractivity contribution in [1.29, 1.82) is 0 Å². The number of nitrogens with one attached hydrogen (secondary N) is 1. The highest BCUT2D eigenvalue weighted by Crippen LogP contribution is 2.40. The Morgan fingerprint density at radius 2 is 2.00 bits per heavy atom. The van der Waals surface area contributed by atoms with Gasteiger partial charge in [-0.15, -0.1) is 0 Å². The fourth-order valence-corrected chi connectivity index (χ4v) is 2.89. The van der Waals surface area contributed by atoms with Crippen molar-refractivity contribution in [3.05, 3.63) is 47.3 Å². The first-order chi connectivity index (χ1) is 12.3. The summed E-state index contributed by atoms with van der Waals surface area (Å²) in [5.74, 6) is -0.971. The predicted molar refractivity (Wildman–Crippen MR) is 101 cm³/mol. The fourth-order valence-electron chi connectivity index (χ4n) is 2.89. The van der Waals surface area contributed by atoms with Gasteiger partial charge in [0.15, 0.2) is 11.6 Å². The molecule has 0 saturated heterocycles. The molecule has 5 N–H and O–H groups in total. The van der Waals surface area contributed by atoms with Crippen LogP contribution in [-0.2, 0) is 0 Å². The minimum Gasteiger partial charge on any atom is -0.365 e. The molecule has 1 heterocycles. The van der Waals surface area contributed by atoms with E-state index in [1.165, 1.54) is 0 Å². The number of anilines is 3. The standard InChI is InChI=1S/C19H24FN5O/c1-3-10-25(19(22)8-9-19)18-15(20)11-14(16(21)26)17(24-18)23-13-6-4-12(2)5-7-13/h4-7,11H,3,8-10,22H2,1-2H3,(H2,21,26)(H,23,24). The normalized spacial score (nSPS) is 14.8. The molecule has 1 saturated carbocycles. The molecule has 1 fully saturated rings. The number of rotatable bonds is 7. The van der Waals surface area contributed by atoms with E-state index in [0.29, 0.717) is 6.54 Å². The molecule has 6 nitrogen and oxygen atoms in total. The molecule has 0 aliphatic heterocycles. The molecule has 1 aromatic carbocycles. The molecule has 0 spiro atoms. The van der Waals surface area contributed by atoms with E-state index in [0.717, 1.165) is 36.6 Å². The zero-order chi connectivity index (χ0) is 18.9. The molecule has 1 aromatic heterocycles. The topological polar surface area (TPSA) is 97.3 Å². The number of benzene rings is 1. The summed E-state index contributed by atoms with van der Waals surface area (Å²) in [4.78, 5) is 18.0. The summed E-state index contributed by atoms with van der Waals surface area (Å²) >= 11 is 0. The van der Waals surface area contributed by atoms with Crippen LogP contribution in [0.5, 0.6) is 0 Å². The van der Waals surface area contributed by atoms with E-state index < -0.39 is 17.4 Å². The van der Waals surface area contributed by atoms with Crippen molar-refractivity contribution in [3.8, 4) is 0 Å². The average Bonchev–Trinajstić information content (AvgIpc) is 3.34. The highest BCUT2D eigenvalue weighted by molar-refractivity contribution is 5.98. The van der Waals surface area contributed by atoms with Gasteiger partial charge in [0, 0.05) is 12.2 Å². The minimum atomic E-state index is -0.742. The number of primary amides is 1. The van der Waals surface area contributed by atoms with E-state index >= 15 is 0 Å². The van der Waals surface area contributed by atoms with E-state index in [-0.39, 0.29) is 17.2 Å². The number of carbonyl (C=O) groups excluding carboxylic acids is 1. The highest BCUT2D eigenvalue weighted by atomic mass is 19.1. The van der Waals surface area contributed by atoms with E-state index in [1.807, 2.05) is 38.1 Å². The lowest BCUT2D eigenvalue weighted by Crippen LogP contribution is -2.46. The molecular formula is C19H24FN5O. The number of hydrogen-bond acceptors (Lipinski definition) is 5.